The molecular formula is C18H19NO4. The minimum atomic E-state index is -0.419. The molecule has 2 aromatic carbocycles. The minimum absolute atomic E-state index is 0.401. The molecule has 0 atom stereocenters. The van der Waals surface area contributed by atoms with Crippen LogP contribution in [0, 0.1) is 18.3 Å². The van der Waals surface area contributed by atoms with Crippen LogP contribution in [0.4, 0.5) is 0 Å². The highest BCUT2D eigenvalue weighted by atomic mass is 16.5. The Morgan fingerprint density at radius 3 is 2.04 bits per heavy atom. The van der Waals surface area contributed by atoms with E-state index in [1.807, 2.05) is 31.2 Å². The van der Waals surface area contributed by atoms with Gasteiger partial charge in [0.25, 0.3) is 0 Å². The van der Waals surface area contributed by atoms with E-state index in [-0.39, 0.29) is 0 Å². The number of nitriles is 1. The summed E-state index contributed by atoms with van der Waals surface area (Å²) in [5, 5.41) is 8.29. The summed E-state index contributed by atoms with van der Waals surface area (Å²) in [6.45, 7) is 1.85. The number of benzene rings is 2. The van der Waals surface area contributed by atoms with Gasteiger partial charge in [-0.1, -0.05) is 18.2 Å². The zero-order valence-electron chi connectivity index (χ0n) is 13.6. The molecule has 0 heterocycles. The lowest BCUT2D eigenvalue weighted by Gasteiger charge is -2.11. The van der Waals surface area contributed by atoms with E-state index < -0.39 is 5.97 Å². The summed E-state index contributed by atoms with van der Waals surface area (Å²) in [6, 6.07) is 14.5. The highest BCUT2D eigenvalue weighted by Crippen LogP contribution is 2.28. The van der Waals surface area contributed by atoms with Crippen LogP contribution in [0.5, 0.6) is 11.5 Å². The Hall–Kier alpha value is -3.00. The molecule has 0 N–H and O–H groups in total. The van der Waals surface area contributed by atoms with Crippen molar-refractivity contribution in [3.63, 3.8) is 0 Å². The van der Waals surface area contributed by atoms with Crippen LogP contribution in [0.1, 0.15) is 21.5 Å². The van der Waals surface area contributed by atoms with Gasteiger partial charge < -0.3 is 14.2 Å². The van der Waals surface area contributed by atoms with Crippen LogP contribution in [0.15, 0.2) is 42.5 Å². The first-order valence-corrected chi connectivity index (χ1v) is 6.83. The summed E-state index contributed by atoms with van der Waals surface area (Å²) in [7, 11) is 4.40. The van der Waals surface area contributed by atoms with E-state index in [0.717, 1.165) is 5.56 Å². The first-order chi connectivity index (χ1) is 11.1. The highest BCUT2D eigenvalue weighted by Gasteiger charge is 2.15. The van der Waals surface area contributed by atoms with E-state index in [2.05, 4.69) is 4.74 Å². The van der Waals surface area contributed by atoms with Crippen LogP contribution < -0.4 is 9.47 Å². The van der Waals surface area contributed by atoms with Crippen molar-refractivity contribution in [2.75, 3.05) is 21.3 Å². The number of hydrogen-bond donors (Lipinski definition) is 0. The highest BCUT2D eigenvalue weighted by molar-refractivity contribution is 5.93. The lowest BCUT2D eigenvalue weighted by Crippen LogP contribution is -2.05. The van der Waals surface area contributed by atoms with Gasteiger partial charge in [-0.3, -0.25) is 0 Å². The Morgan fingerprint density at radius 1 is 1.00 bits per heavy atom. The largest absolute Gasteiger partial charge is 0.496 e. The molecule has 0 aliphatic heterocycles. The summed E-state index contributed by atoms with van der Waals surface area (Å²) in [4.78, 5) is 11.4. The van der Waals surface area contributed by atoms with Gasteiger partial charge in [0.2, 0.25) is 0 Å². The van der Waals surface area contributed by atoms with Crippen LogP contribution in [-0.4, -0.2) is 27.3 Å². The number of nitrogens with zero attached hydrogens (tertiary/aromatic N) is 1. The van der Waals surface area contributed by atoms with Gasteiger partial charge in [-0.05, 0) is 30.7 Å². The van der Waals surface area contributed by atoms with E-state index in [1.165, 1.54) is 14.2 Å². The molecule has 0 aromatic heterocycles. The van der Waals surface area contributed by atoms with E-state index in [0.29, 0.717) is 22.6 Å². The fourth-order valence-electron chi connectivity index (χ4n) is 1.84. The molecule has 0 radical (unpaired) electrons. The Bertz CT molecular complexity index is 690. The maximum atomic E-state index is 11.4. The SMILES string of the molecule is COC(=O)c1cc(C)c(OC)cc1OC.N#Cc1ccccc1. The van der Waals surface area contributed by atoms with E-state index in [4.69, 9.17) is 14.7 Å². The molecule has 0 fully saturated rings. The molecule has 2 aromatic rings. The fraction of sp³-hybridized carbons (Fsp3) is 0.222. The molecule has 0 spiro atoms. The molecule has 0 aliphatic carbocycles. The smallest absolute Gasteiger partial charge is 0.341 e. The molecule has 23 heavy (non-hydrogen) atoms. The molecule has 5 nitrogen and oxygen atoms in total. The first kappa shape index (κ1) is 18.1. The van der Waals surface area contributed by atoms with Crippen molar-refractivity contribution in [3.8, 4) is 17.6 Å². The predicted molar refractivity (Wildman–Crippen MR) is 86.8 cm³/mol. The zero-order valence-corrected chi connectivity index (χ0v) is 13.6. The van der Waals surface area contributed by atoms with Crippen molar-refractivity contribution in [2.24, 2.45) is 0 Å². The number of carbonyl (C=O) groups is 1. The van der Waals surface area contributed by atoms with Crippen molar-refractivity contribution in [1.29, 1.82) is 5.26 Å². The Morgan fingerprint density at radius 2 is 1.61 bits per heavy atom. The molecule has 0 bridgehead atoms. The molecule has 0 amide bonds. The van der Waals surface area contributed by atoms with Crippen molar-refractivity contribution in [1.82, 2.24) is 0 Å². The Kier molecular flexibility index (Phi) is 7.15. The molecule has 2 rings (SSSR count). The molecule has 5 heteroatoms. The predicted octanol–water partition coefficient (Wildman–Crippen LogP) is 3.36. The number of ether oxygens (including phenoxy) is 3. The van der Waals surface area contributed by atoms with Gasteiger partial charge in [-0.2, -0.15) is 5.26 Å². The van der Waals surface area contributed by atoms with Crippen LogP contribution in [0.3, 0.4) is 0 Å². The Balaban J connectivity index is 0.000000277. The molecule has 0 unspecified atom stereocenters. The monoisotopic (exact) mass is 313 g/mol. The average molecular weight is 313 g/mol. The zero-order chi connectivity index (χ0) is 17.2. The van der Waals surface area contributed by atoms with Gasteiger partial charge in [0.1, 0.15) is 17.1 Å². The average Bonchev–Trinajstić information content (AvgIpc) is 2.62. The van der Waals surface area contributed by atoms with Crippen LogP contribution in [0.25, 0.3) is 0 Å². The van der Waals surface area contributed by atoms with Gasteiger partial charge >= 0.3 is 5.97 Å². The first-order valence-electron chi connectivity index (χ1n) is 6.83. The fourth-order valence-corrected chi connectivity index (χ4v) is 1.84. The maximum Gasteiger partial charge on any atom is 0.341 e. The summed E-state index contributed by atoms with van der Waals surface area (Å²) in [5.41, 5.74) is 1.98. The van der Waals surface area contributed by atoms with Crippen LogP contribution in [-0.2, 0) is 4.74 Å². The van der Waals surface area contributed by atoms with E-state index >= 15 is 0 Å². The third-order valence-electron chi connectivity index (χ3n) is 3.03. The quantitative estimate of drug-likeness (QED) is 0.813. The van der Waals surface area contributed by atoms with Gasteiger partial charge in [0, 0.05) is 6.07 Å². The number of carbonyl (C=O) groups excluding carboxylic acids is 1. The normalized spacial score (nSPS) is 9.00. The second-order valence-corrected chi connectivity index (χ2v) is 4.49. The van der Waals surface area contributed by atoms with E-state index in [1.54, 1.807) is 31.4 Å². The number of hydrogen-bond acceptors (Lipinski definition) is 5. The summed E-state index contributed by atoms with van der Waals surface area (Å²) in [6.07, 6.45) is 0. The third kappa shape index (κ3) is 5.04. The number of aryl methyl sites for hydroxylation is 1. The van der Waals surface area contributed by atoms with Gasteiger partial charge in [0.15, 0.2) is 0 Å². The summed E-state index contributed by atoms with van der Waals surface area (Å²) < 4.78 is 14.9. The van der Waals surface area contributed by atoms with E-state index in [9.17, 15) is 4.79 Å². The Labute approximate surface area is 136 Å². The number of methoxy groups -OCH3 is 3. The summed E-state index contributed by atoms with van der Waals surface area (Å²) >= 11 is 0. The molecule has 0 aliphatic rings. The van der Waals surface area contributed by atoms with Crippen molar-refractivity contribution >= 4 is 5.97 Å². The minimum Gasteiger partial charge on any atom is -0.496 e. The summed E-state index contributed by atoms with van der Waals surface area (Å²) in [5.74, 6) is 0.710. The third-order valence-corrected chi connectivity index (χ3v) is 3.03. The lowest BCUT2D eigenvalue weighted by atomic mass is 10.1. The lowest BCUT2D eigenvalue weighted by molar-refractivity contribution is 0.0597. The van der Waals surface area contributed by atoms with Gasteiger partial charge in [-0.15, -0.1) is 0 Å². The topological polar surface area (TPSA) is 68.6 Å². The number of esters is 1. The number of rotatable bonds is 3. The molecule has 120 valence electrons. The molecule has 0 saturated heterocycles. The second-order valence-electron chi connectivity index (χ2n) is 4.49. The molecule has 0 saturated carbocycles. The van der Waals surface area contributed by atoms with Crippen LogP contribution >= 0.6 is 0 Å². The van der Waals surface area contributed by atoms with Crippen molar-refractivity contribution in [3.05, 3.63) is 59.2 Å². The standard InChI is InChI=1S/C11H14O4.C7H5N/c1-7-5-8(11(12)15-4)10(14-3)6-9(7)13-2;8-6-7-4-2-1-3-5-7/h5-6H,1-4H3;1-5H. The maximum absolute atomic E-state index is 11.4. The van der Waals surface area contributed by atoms with Gasteiger partial charge in [0.05, 0.1) is 33.0 Å². The van der Waals surface area contributed by atoms with Crippen molar-refractivity contribution < 1.29 is 19.0 Å². The molecular weight excluding hydrogens is 294 g/mol. The second kappa shape index (κ2) is 9.11. The van der Waals surface area contributed by atoms with Gasteiger partial charge in [-0.25, -0.2) is 4.79 Å². The van der Waals surface area contributed by atoms with Crippen molar-refractivity contribution in [2.45, 2.75) is 6.92 Å². The van der Waals surface area contributed by atoms with Crippen LogP contribution in [0.2, 0.25) is 0 Å².